The first-order chi connectivity index (χ1) is 15.2. The summed E-state index contributed by atoms with van der Waals surface area (Å²) in [5.74, 6) is 2.42. The predicted molar refractivity (Wildman–Crippen MR) is 117 cm³/mol. The molecule has 0 atom stereocenters. The first kappa shape index (κ1) is 19.0. The van der Waals surface area contributed by atoms with Crippen molar-refractivity contribution in [1.29, 1.82) is 0 Å². The maximum atomic E-state index is 12.7. The van der Waals surface area contributed by atoms with Crippen LogP contribution in [-0.2, 0) is 4.79 Å². The molecule has 2 aromatic carbocycles. The van der Waals surface area contributed by atoms with Gasteiger partial charge in [-0.05, 0) is 61.4 Å². The minimum Gasteiger partial charge on any atom is -0.457 e. The molecule has 8 nitrogen and oxygen atoms in total. The van der Waals surface area contributed by atoms with Crippen molar-refractivity contribution in [3.05, 3.63) is 73.1 Å². The maximum Gasteiger partial charge on any atom is 0.227 e. The first-order valence-electron chi connectivity index (χ1n) is 10.3. The Balaban J connectivity index is 1.15. The van der Waals surface area contributed by atoms with Gasteiger partial charge in [0, 0.05) is 24.7 Å². The van der Waals surface area contributed by atoms with E-state index in [0.717, 1.165) is 54.6 Å². The standard InChI is InChI=1S/C23H22N6O2/c30-23(25-18-6-8-20(9-7-18)31-19-4-2-1-3-5-19)17-12-14-28(15-13-17)22-11-10-21-26-24-16-29(21)27-22/h1-11,16-17H,12-15H2,(H,25,30). The number of rotatable bonds is 5. The summed E-state index contributed by atoms with van der Waals surface area (Å²) in [6, 6.07) is 20.9. The molecule has 5 rings (SSSR count). The van der Waals surface area contributed by atoms with Crippen molar-refractivity contribution in [2.75, 3.05) is 23.3 Å². The van der Waals surface area contributed by atoms with E-state index in [1.165, 1.54) is 0 Å². The van der Waals surface area contributed by atoms with Gasteiger partial charge in [-0.2, -0.15) is 4.52 Å². The summed E-state index contributed by atoms with van der Waals surface area (Å²) < 4.78 is 7.46. The number of fused-ring (bicyclic) bond motifs is 1. The molecule has 8 heteroatoms. The minimum absolute atomic E-state index is 0.0184. The maximum absolute atomic E-state index is 12.7. The molecule has 0 bridgehead atoms. The van der Waals surface area contributed by atoms with E-state index in [0.29, 0.717) is 0 Å². The number of carbonyl (C=O) groups excluding carboxylic acids is 1. The van der Waals surface area contributed by atoms with Crippen LogP contribution in [0.4, 0.5) is 11.5 Å². The third-order valence-electron chi connectivity index (χ3n) is 5.44. The number of ether oxygens (including phenoxy) is 1. The summed E-state index contributed by atoms with van der Waals surface area (Å²) in [5.41, 5.74) is 1.49. The number of aromatic nitrogens is 4. The second-order valence-corrected chi connectivity index (χ2v) is 7.52. The van der Waals surface area contributed by atoms with Crippen LogP contribution in [0.5, 0.6) is 11.5 Å². The lowest BCUT2D eigenvalue weighted by Gasteiger charge is -2.32. The number of piperidine rings is 1. The number of hydrogen-bond acceptors (Lipinski definition) is 6. The fraction of sp³-hybridized carbons (Fsp3) is 0.217. The van der Waals surface area contributed by atoms with E-state index in [-0.39, 0.29) is 11.8 Å². The second-order valence-electron chi connectivity index (χ2n) is 7.52. The van der Waals surface area contributed by atoms with Crippen molar-refractivity contribution in [2.24, 2.45) is 5.92 Å². The highest BCUT2D eigenvalue weighted by atomic mass is 16.5. The Morgan fingerprint density at radius 2 is 1.68 bits per heavy atom. The number of nitrogens with zero attached hydrogens (tertiary/aromatic N) is 5. The highest BCUT2D eigenvalue weighted by Crippen LogP contribution is 2.25. The van der Waals surface area contributed by atoms with E-state index >= 15 is 0 Å². The zero-order valence-corrected chi connectivity index (χ0v) is 16.9. The van der Waals surface area contributed by atoms with Crippen LogP contribution in [0.15, 0.2) is 73.1 Å². The Bertz CT molecular complexity index is 1170. The van der Waals surface area contributed by atoms with E-state index in [4.69, 9.17) is 4.74 Å². The third kappa shape index (κ3) is 4.32. The third-order valence-corrected chi connectivity index (χ3v) is 5.44. The molecule has 1 amide bonds. The van der Waals surface area contributed by atoms with Gasteiger partial charge >= 0.3 is 0 Å². The Morgan fingerprint density at radius 3 is 2.45 bits per heavy atom. The molecule has 0 unspecified atom stereocenters. The summed E-state index contributed by atoms with van der Waals surface area (Å²) in [4.78, 5) is 14.9. The van der Waals surface area contributed by atoms with Gasteiger partial charge in [0.05, 0.1) is 0 Å². The van der Waals surface area contributed by atoms with Crippen LogP contribution < -0.4 is 15.0 Å². The molecule has 31 heavy (non-hydrogen) atoms. The van der Waals surface area contributed by atoms with Gasteiger partial charge in [0.2, 0.25) is 5.91 Å². The molecule has 0 spiro atoms. The minimum atomic E-state index is -0.0184. The Morgan fingerprint density at radius 1 is 0.935 bits per heavy atom. The molecular weight excluding hydrogens is 392 g/mol. The number of nitrogens with one attached hydrogen (secondary N) is 1. The molecular formula is C23H22N6O2. The van der Waals surface area contributed by atoms with E-state index in [2.05, 4.69) is 25.5 Å². The van der Waals surface area contributed by atoms with Crippen LogP contribution in [0.3, 0.4) is 0 Å². The van der Waals surface area contributed by atoms with Gasteiger partial charge in [-0.15, -0.1) is 15.3 Å². The fourth-order valence-electron chi connectivity index (χ4n) is 3.73. The quantitative estimate of drug-likeness (QED) is 0.535. The van der Waals surface area contributed by atoms with Crippen molar-refractivity contribution in [2.45, 2.75) is 12.8 Å². The Kier molecular flexibility index (Phi) is 5.18. The lowest BCUT2D eigenvalue weighted by molar-refractivity contribution is -0.120. The molecule has 1 aliphatic heterocycles. The van der Waals surface area contributed by atoms with Gasteiger partial charge in [-0.25, -0.2) is 0 Å². The lowest BCUT2D eigenvalue weighted by atomic mass is 9.96. The van der Waals surface area contributed by atoms with E-state index in [1.54, 1.807) is 10.8 Å². The van der Waals surface area contributed by atoms with Crippen LogP contribution >= 0.6 is 0 Å². The van der Waals surface area contributed by atoms with Crippen LogP contribution in [0.1, 0.15) is 12.8 Å². The van der Waals surface area contributed by atoms with Crippen LogP contribution in [0.2, 0.25) is 0 Å². The number of benzene rings is 2. The van der Waals surface area contributed by atoms with Gasteiger partial charge in [0.1, 0.15) is 23.6 Å². The molecule has 4 aromatic rings. The van der Waals surface area contributed by atoms with Crippen LogP contribution in [0.25, 0.3) is 5.65 Å². The highest BCUT2D eigenvalue weighted by molar-refractivity contribution is 5.92. The number of amides is 1. The van der Waals surface area contributed by atoms with Crippen molar-refractivity contribution < 1.29 is 9.53 Å². The van der Waals surface area contributed by atoms with Crippen LogP contribution in [0, 0.1) is 5.92 Å². The number of para-hydroxylation sites is 1. The Labute approximate surface area is 179 Å². The number of carbonyl (C=O) groups is 1. The van der Waals surface area contributed by atoms with Crippen molar-refractivity contribution in [3.63, 3.8) is 0 Å². The van der Waals surface area contributed by atoms with E-state index in [1.807, 2.05) is 66.7 Å². The molecule has 1 fully saturated rings. The van der Waals surface area contributed by atoms with Crippen LogP contribution in [-0.4, -0.2) is 38.8 Å². The second kappa shape index (κ2) is 8.43. The molecule has 1 N–H and O–H groups in total. The molecule has 3 heterocycles. The van der Waals surface area contributed by atoms with Crippen molar-refractivity contribution in [3.8, 4) is 11.5 Å². The summed E-state index contributed by atoms with van der Waals surface area (Å²) in [6.07, 6.45) is 3.15. The smallest absolute Gasteiger partial charge is 0.227 e. The summed E-state index contributed by atoms with van der Waals surface area (Å²) in [5, 5.41) is 15.4. The fourth-order valence-corrected chi connectivity index (χ4v) is 3.73. The summed E-state index contributed by atoms with van der Waals surface area (Å²) in [6.45, 7) is 1.56. The largest absolute Gasteiger partial charge is 0.457 e. The summed E-state index contributed by atoms with van der Waals surface area (Å²) >= 11 is 0. The molecule has 1 aliphatic rings. The highest BCUT2D eigenvalue weighted by Gasteiger charge is 2.26. The van der Waals surface area contributed by atoms with Gasteiger partial charge in [0.15, 0.2) is 5.65 Å². The Hall–Kier alpha value is -3.94. The molecule has 0 radical (unpaired) electrons. The SMILES string of the molecule is O=C(Nc1ccc(Oc2ccccc2)cc1)C1CCN(c2ccc3nncn3n2)CC1. The zero-order chi connectivity index (χ0) is 21.0. The average Bonchev–Trinajstić information content (AvgIpc) is 3.29. The van der Waals surface area contributed by atoms with Gasteiger partial charge in [0.25, 0.3) is 0 Å². The average molecular weight is 414 g/mol. The van der Waals surface area contributed by atoms with Crippen molar-refractivity contribution in [1.82, 2.24) is 19.8 Å². The zero-order valence-electron chi connectivity index (χ0n) is 16.9. The number of anilines is 2. The van der Waals surface area contributed by atoms with Gasteiger partial charge in [-0.1, -0.05) is 18.2 Å². The first-order valence-corrected chi connectivity index (χ1v) is 10.3. The number of hydrogen-bond donors (Lipinski definition) is 1. The summed E-state index contributed by atoms with van der Waals surface area (Å²) in [7, 11) is 0. The topological polar surface area (TPSA) is 84.6 Å². The molecule has 156 valence electrons. The molecule has 0 saturated carbocycles. The molecule has 1 saturated heterocycles. The van der Waals surface area contributed by atoms with E-state index < -0.39 is 0 Å². The monoisotopic (exact) mass is 414 g/mol. The normalized spacial score (nSPS) is 14.5. The van der Waals surface area contributed by atoms with Gasteiger partial charge < -0.3 is 15.0 Å². The predicted octanol–water partition coefficient (Wildman–Crippen LogP) is 3.77. The van der Waals surface area contributed by atoms with Crippen molar-refractivity contribution >= 4 is 23.1 Å². The lowest BCUT2D eigenvalue weighted by Crippen LogP contribution is -2.38. The van der Waals surface area contributed by atoms with E-state index in [9.17, 15) is 4.79 Å². The van der Waals surface area contributed by atoms with Gasteiger partial charge in [-0.3, -0.25) is 4.79 Å². The molecule has 0 aliphatic carbocycles. The molecule has 2 aromatic heterocycles.